The molecule has 0 N–H and O–H groups in total. The zero-order chi connectivity index (χ0) is 12.9. The van der Waals surface area contributed by atoms with Gasteiger partial charge >= 0.3 is 0 Å². The Morgan fingerprint density at radius 2 is 1.58 bits per heavy atom. The van der Waals surface area contributed by atoms with E-state index in [1.807, 2.05) is 48.6 Å². The summed E-state index contributed by atoms with van der Waals surface area (Å²) < 4.78 is 11.5. The molecule has 1 saturated heterocycles. The minimum atomic E-state index is -0.259. The second-order valence-electron chi connectivity index (χ2n) is 4.51. The molecule has 0 aliphatic carbocycles. The lowest BCUT2D eigenvalue weighted by atomic mass is 10.1. The number of hydrogen-bond acceptors (Lipinski definition) is 2. The highest BCUT2D eigenvalue weighted by atomic mass is 16.7. The second kappa shape index (κ2) is 5.83. The Balaban J connectivity index is 1.62. The molecule has 0 spiro atoms. The normalized spacial score (nSPS) is 22.9. The standard InChI is InChI=1S/C17H16O2/c1-3-7-14(8-4-1)11-12-17-18-13-16(19-17)15-9-5-2-6-10-15/h1-12,16-17H,13H2. The van der Waals surface area contributed by atoms with Gasteiger partial charge in [0, 0.05) is 0 Å². The van der Waals surface area contributed by atoms with Crippen molar-refractivity contribution in [3.8, 4) is 0 Å². The molecule has 96 valence electrons. The highest BCUT2D eigenvalue weighted by Crippen LogP contribution is 2.26. The van der Waals surface area contributed by atoms with Gasteiger partial charge in [-0.2, -0.15) is 0 Å². The van der Waals surface area contributed by atoms with Gasteiger partial charge < -0.3 is 9.47 Å². The Hall–Kier alpha value is -1.90. The third kappa shape index (κ3) is 3.11. The third-order valence-corrected chi connectivity index (χ3v) is 3.13. The fraction of sp³-hybridized carbons (Fsp3) is 0.176. The SMILES string of the molecule is C(=CC1OCC(c2ccccc2)O1)c1ccccc1. The number of hydrogen-bond donors (Lipinski definition) is 0. The number of ether oxygens (including phenoxy) is 2. The van der Waals surface area contributed by atoms with Crippen molar-refractivity contribution in [2.75, 3.05) is 6.61 Å². The van der Waals surface area contributed by atoms with Crippen molar-refractivity contribution in [1.29, 1.82) is 0 Å². The summed E-state index contributed by atoms with van der Waals surface area (Å²) in [4.78, 5) is 0. The molecule has 0 amide bonds. The molecule has 2 nitrogen and oxygen atoms in total. The van der Waals surface area contributed by atoms with E-state index >= 15 is 0 Å². The molecule has 0 radical (unpaired) electrons. The zero-order valence-corrected chi connectivity index (χ0v) is 10.6. The van der Waals surface area contributed by atoms with Crippen LogP contribution >= 0.6 is 0 Å². The largest absolute Gasteiger partial charge is 0.346 e. The molecule has 3 rings (SSSR count). The Kier molecular flexibility index (Phi) is 3.73. The molecule has 19 heavy (non-hydrogen) atoms. The summed E-state index contributed by atoms with van der Waals surface area (Å²) in [6.07, 6.45) is 3.76. The van der Waals surface area contributed by atoms with Gasteiger partial charge in [-0.05, 0) is 17.2 Å². The molecule has 0 bridgehead atoms. The quantitative estimate of drug-likeness (QED) is 0.827. The van der Waals surface area contributed by atoms with Crippen LogP contribution in [-0.2, 0) is 9.47 Å². The molecular weight excluding hydrogens is 236 g/mol. The first-order chi connectivity index (χ1) is 9.42. The lowest BCUT2D eigenvalue weighted by Gasteiger charge is -2.08. The summed E-state index contributed by atoms with van der Waals surface area (Å²) in [5, 5.41) is 0. The van der Waals surface area contributed by atoms with Crippen LogP contribution in [0.1, 0.15) is 17.2 Å². The lowest BCUT2D eigenvalue weighted by molar-refractivity contribution is -0.0194. The van der Waals surface area contributed by atoms with Gasteiger partial charge in [0.15, 0.2) is 6.29 Å². The van der Waals surface area contributed by atoms with Gasteiger partial charge in [-0.15, -0.1) is 0 Å². The molecule has 0 saturated carbocycles. The van der Waals surface area contributed by atoms with Crippen molar-refractivity contribution in [3.05, 3.63) is 77.9 Å². The summed E-state index contributed by atoms with van der Waals surface area (Å²) in [7, 11) is 0. The molecular formula is C17H16O2. The van der Waals surface area contributed by atoms with Crippen molar-refractivity contribution in [3.63, 3.8) is 0 Å². The van der Waals surface area contributed by atoms with Crippen LogP contribution in [0, 0.1) is 0 Å². The van der Waals surface area contributed by atoms with Gasteiger partial charge in [-0.25, -0.2) is 0 Å². The minimum absolute atomic E-state index is 0.0339. The van der Waals surface area contributed by atoms with E-state index in [0.29, 0.717) is 6.61 Å². The van der Waals surface area contributed by atoms with Crippen LogP contribution < -0.4 is 0 Å². The molecule has 2 aromatic rings. The van der Waals surface area contributed by atoms with E-state index in [-0.39, 0.29) is 12.4 Å². The summed E-state index contributed by atoms with van der Waals surface area (Å²) in [5.41, 5.74) is 2.32. The smallest absolute Gasteiger partial charge is 0.178 e. The number of rotatable bonds is 3. The van der Waals surface area contributed by atoms with Gasteiger partial charge in [-0.1, -0.05) is 66.7 Å². The first-order valence-corrected chi connectivity index (χ1v) is 6.47. The van der Waals surface area contributed by atoms with Crippen LogP contribution in [0.2, 0.25) is 0 Å². The summed E-state index contributed by atoms with van der Waals surface area (Å²) >= 11 is 0. The average molecular weight is 252 g/mol. The predicted octanol–water partition coefficient (Wildman–Crippen LogP) is 3.81. The Labute approximate surface area is 113 Å². The topological polar surface area (TPSA) is 18.5 Å². The van der Waals surface area contributed by atoms with Crippen molar-refractivity contribution in [2.45, 2.75) is 12.4 Å². The fourth-order valence-corrected chi connectivity index (χ4v) is 2.12. The average Bonchev–Trinajstić information content (AvgIpc) is 2.96. The summed E-state index contributed by atoms with van der Waals surface area (Å²) in [5.74, 6) is 0. The Morgan fingerprint density at radius 1 is 0.895 bits per heavy atom. The molecule has 2 heteroatoms. The van der Waals surface area contributed by atoms with Crippen molar-refractivity contribution >= 4 is 6.08 Å². The van der Waals surface area contributed by atoms with Crippen LogP contribution in [-0.4, -0.2) is 12.9 Å². The Morgan fingerprint density at radius 3 is 2.32 bits per heavy atom. The Bertz CT molecular complexity index is 534. The fourth-order valence-electron chi connectivity index (χ4n) is 2.12. The first kappa shape index (κ1) is 12.2. The van der Waals surface area contributed by atoms with E-state index in [0.717, 1.165) is 11.1 Å². The van der Waals surface area contributed by atoms with E-state index in [1.54, 1.807) is 0 Å². The van der Waals surface area contributed by atoms with E-state index < -0.39 is 0 Å². The molecule has 1 heterocycles. The monoisotopic (exact) mass is 252 g/mol. The van der Waals surface area contributed by atoms with Crippen LogP contribution in [0.4, 0.5) is 0 Å². The van der Waals surface area contributed by atoms with E-state index in [4.69, 9.17) is 9.47 Å². The van der Waals surface area contributed by atoms with Gasteiger partial charge in [0.25, 0.3) is 0 Å². The molecule has 1 fully saturated rings. The maximum absolute atomic E-state index is 5.86. The third-order valence-electron chi connectivity index (χ3n) is 3.13. The predicted molar refractivity (Wildman–Crippen MR) is 75.5 cm³/mol. The molecule has 2 aromatic carbocycles. The molecule has 2 atom stereocenters. The first-order valence-electron chi connectivity index (χ1n) is 6.47. The second-order valence-corrected chi connectivity index (χ2v) is 4.51. The van der Waals surface area contributed by atoms with Crippen molar-refractivity contribution in [1.82, 2.24) is 0 Å². The van der Waals surface area contributed by atoms with Gasteiger partial charge in [-0.3, -0.25) is 0 Å². The molecule has 1 aliphatic rings. The van der Waals surface area contributed by atoms with Crippen molar-refractivity contribution in [2.24, 2.45) is 0 Å². The van der Waals surface area contributed by atoms with Crippen LogP contribution in [0.15, 0.2) is 66.7 Å². The minimum Gasteiger partial charge on any atom is -0.346 e. The highest BCUT2D eigenvalue weighted by molar-refractivity contribution is 5.49. The highest BCUT2D eigenvalue weighted by Gasteiger charge is 2.24. The van der Waals surface area contributed by atoms with E-state index in [2.05, 4.69) is 24.3 Å². The van der Waals surface area contributed by atoms with Crippen LogP contribution in [0.25, 0.3) is 6.08 Å². The lowest BCUT2D eigenvalue weighted by Crippen LogP contribution is -2.03. The molecule has 1 aliphatic heterocycles. The van der Waals surface area contributed by atoms with Gasteiger partial charge in [0.2, 0.25) is 0 Å². The molecule has 0 aromatic heterocycles. The summed E-state index contributed by atoms with van der Waals surface area (Å²) in [6, 6.07) is 20.3. The summed E-state index contributed by atoms with van der Waals surface area (Å²) in [6.45, 7) is 0.605. The van der Waals surface area contributed by atoms with Crippen LogP contribution in [0.3, 0.4) is 0 Å². The van der Waals surface area contributed by atoms with Gasteiger partial charge in [0.05, 0.1) is 6.61 Å². The van der Waals surface area contributed by atoms with Crippen molar-refractivity contribution < 1.29 is 9.47 Å². The maximum Gasteiger partial charge on any atom is 0.178 e. The molecule has 2 unspecified atom stereocenters. The van der Waals surface area contributed by atoms with Crippen LogP contribution in [0.5, 0.6) is 0 Å². The van der Waals surface area contributed by atoms with Gasteiger partial charge in [0.1, 0.15) is 6.10 Å². The van der Waals surface area contributed by atoms with E-state index in [9.17, 15) is 0 Å². The van der Waals surface area contributed by atoms with E-state index in [1.165, 1.54) is 0 Å². The number of benzene rings is 2. The maximum atomic E-state index is 5.86. The zero-order valence-electron chi connectivity index (χ0n) is 10.6.